The van der Waals surface area contributed by atoms with Gasteiger partial charge in [-0.05, 0) is 37.4 Å². The van der Waals surface area contributed by atoms with Gasteiger partial charge < -0.3 is 14.7 Å². The van der Waals surface area contributed by atoms with E-state index >= 15 is 0 Å². The summed E-state index contributed by atoms with van der Waals surface area (Å²) < 4.78 is 5.13. The molecule has 2 aromatic carbocycles. The maximum absolute atomic E-state index is 13.4. The van der Waals surface area contributed by atoms with Crippen molar-refractivity contribution >= 4 is 17.4 Å². The van der Waals surface area contributed by atoms with Crippen LogP contribution in [0, 0.1) is 0 Å². The van der Waals surface area contributed by atoms with Gasteiger partial charge in [-0.2, -0.15) is 0 Å². The average molecular weight is 409 g/mol. The molecule has 1 fully saturated rings. The molecule has 1 atom stereocenters. The zero-order valence-electron chi connectivity index (χ0n) is 17.4. The molecule has 2 aromatic rings. The van der Waals surface area contributed by atoms with Gasteiger partial charge >= 0.3 is 0 Å². The van der Waals surface area contributed by atoms with Crippen molar-refractivity contribution in [1.29, 1.82) is 0 Å². The van der Waals surface area contributed by atoms with Crippen LogP contribution >= 0.6 is 0 Å². The smallest absolute Gasteiger partial charge is 0.265 e. The molecule has 0 spiro atoms. The molecule has 0 aromatic heterocycles. The number of anilines is 1. The number of hydrogen-bond acceptors (Lipinski definition) is 6. The SMILES string of the molecule is COc1ccc(C(=O)C[C@@]2(O)C(=O)N(CN3CCN(C)CC3)c3ccccc32)cc1. The largest absolute Gasteiger partial charge is 0.497 e. The molecule has 0 aliphatic carbocycles. The van der Waals surface area contributed by atoms with Crippen molar-refractivity contribution in [2.24, 2.45) is 0 Å². The third-order valence-corrected chi connectivity index (χ3v) is 6.01. The fourth-order valence-corrected chi connectivity index (χ4v) is 4.12. The van der Waals surface area contributed by atoms with E-state index in [0.717, 1.165) is 26.2 Å². The monoisotopic (exact) mass is 409 g/mol. The highest BCUT2D eigenvalue weighted by atomic mass is 16.5. The number of aliphatic hydroxyl groups is 1. The first-order valence-electron chi connectivity index (χ1n) is 10.1. The number of Topliss-reactive ketones (excluding diaryl/α,β-unsaturated/α-hetero) is 1. The van der Waals surface area contributed by atoms with E-state index in [9.17, 15) is 14.7 Å². The molecule has 30 heavy (non-hydrogen) atoms. The fraction of sp³-hybridized carbons (Fsp3) is 0.391. The van der Waals surface area contributed by atoms with Crippen LogP contribution in [0.1, 0.15) is 22.3 Å². The molecule has 4 rings (SSSR count). The summed E-state index contributed by atoms with van der Waals surface area (Å²) in [7, 11) is 3.64. The number of hydrogen-bond donors (Lipinski definition) is 1. The predicted octanol–water partition coefficient (Wildman–Crippen LogP) is 1.71. The van der Waals surface area contributed by atoms with Gasteiger partial charge in [0.2, 0.25) is 0 Å². The molecule has 2 aliphatic rings. The van der Waals surface area contributed by atoms with Crippen LogP contribution in [0.4, 0.5) is 5.69 Å². The summed E-state index contributed by atoms with van der Waals surface area (Å²) in [6.07, 6.45) is -0.297. The second-order valence-electron chi connectivity index (χ2n) is 8.00. The number of likely N-dealkylation sites (N-methyl/N-ethyl adjacent to an activating group) is 1. The Morgan fingerprint density at radius 1 is 1.07 bits per heavy atom. The predicted molar refractivity (Wildman–Crippen MR) is 114 cm³/mol. The van der Waals surface area contributed by atoms with E-state index in [1.807, 2.05) is 12.1 Å². The van der Waals surface area contributed by atoms with Crippen molar-refractivity contribution in [3.05, 3.63) is 59.7 Å². The molecular formula is C23H27N3O4. The molecule has 0 radical (unpaired) electrons. The van der Waals surface area contributed by atoms with Crippen LogP contribution in [0.15, 0.2) is 48.5 Å². The van der Waals surface area contributed by atoms with Crippen molar-refractivity contribution in [3.63, 3.8) is 0 Å². The second-order valence-corrected chi connectivity index (χ2v) is 8.00. The number of rotatable bonds is 6. The third kappa shape index (κ3) is 3.71. The Hall–Kier alpha value is -2.74. The standard InChI is InChI=1S/C23H27N3O4/c1-24-11-13-25(14-12-24)16-26-20-6-4-3-5-19(20)23(29,22(26)28)15-21(27)17-7-9-18(30-2)10-8-17/h3-10,29H,11-16H2,1-2H3/t23-/m0/s1. The summed E-state index contributed by atoms with van der Waals surface area (Å²) >= 11 is 0. The topological polar surface area (TPSA) is 73.3 Å². The number of ketones is 1. The molecule has 158 valence electrons. The van der Waals surface area contributed by atoms with Gasteiger partial charge in [0.25, 0.3) is 5.91 Å². The molecule has 1 amide bonds. The van der Waals surface area contributed by atoms with Crippen LogP contribution in [0.3, 0.4) is 0 Å². The summed E-state index contributed by atoms with van der Waals surface area (Å²) in [6.45, 7) is 3.98. The van der Waals surface area contributed by atoms with E-state index in [-0.39, 0.29) is 12.2 Å². The van der Waals surface area contributed by atoms with Crippen LogP contribution in [-0.4, -0.2) is 73.6 Å². The maximum Gasteiger partial charge on any atom is 0.265 e. The van der Waals surface area contributed by atoms with E-state index in [2.05, 4.69) is 16.8 Å². The molecule has 1 saturated heterocycles. The Kier molecular flexibility index (Phi) is 5.60. The Balaban J connectivity index is 1.57. The first kappa shape index (κ1) is 20.5. The third-order valence-electron chi connectivity index (χ3n) is 6.01. The zero-order valence-corrected chi connectivity index (χ0v) is 17.4. The normalized spacial score (nSPS) is 22.2. The fourth-order valence-electron chi connectivity index (χ4n) is 4.12. The van der Waals surface area contributed by atoms with Crippen molar-refractivity contribution in [2.75, 3.05) is 51.9 Å². The highest BCUT2D eigenvalue weighted by Crippen LogP contribution is 2.43. The number of nitrogens with zero attached hydrogens (tertiary/aromatic N) is 3. The highest BCUT2D eigenvalue weighted by Gasteiger charge is 2.51. The van der Waals surface area contributed by atoms with Gasteiger partial charge in [0.1, 0.15) is 5.75 Å². The molecule has 0 unspecified atom stereocenters. The quantitative estimate of drug-likeness (QED) is 0.733. The van der Waals surface area contributed by atoms with Crippen molar-refractivity contribution in [1.82, 2.24) is 9.80 Å². The Morgan fingerprint density at radius 3 is 2.40 bits per heavy atom. The first-order valence-corrected chi connectivity index (χ1v) is 10.1. The van der Waals surface area contributed by atoms with E-state index in [1.165, 1.54) is 0 Å². The van der Waals surface area contributed by atoms with Crippen molar-refractivity contribution in [2.45, 2.75) is 12.0 Å². The summed E-state index contributed by atoms with van der Waals surface area (Å²) in [4.78, 5) is 32.3. The van der Waals surface area contributed by atoms with Gasteiger partial charge in [0.15, 0.2) is 11.4 Å². The molecule has 2 heterocycles. The van der Waals surface area contributed by atoms with Crippen LogP contribution in [-0.2, 0) is 10.4 Å². The Bertz CT molecular complexity index is 938. The highest BCUT2D eigenvalue weighted by molar-refractivity contribution is 6.10. The molecule has 0 bridgehead atoms. The van der Waals surface area contributed by atoms with Crippen molar-refractivity contribution in [3.8, 4) is 5.75 Å². The lowest BCUT2D eigenvalue weighted by Gasteiger charge is -2.35. The second kappa shape index (κ2) is 8.18. The van der Waals surface area contributed by atoms with Gasteiger partial charge in [0, 0.05) is 37.3 Å². The minimum Gasteiger partial charge on any atom is -0.497 e. The Labute approximate surface area is 176 Å². The molecular weight excluding hydrogens is 382 g/mol. The molecule has 2 aliphatic heterocycles. The van der Waals surface area contributed by atoms with Crippen LogP contribution < -0.4 is 9.64 Å². The van der Waals surface area contributed by atoms with Gasteiger partial charge in [0.05, 0.1) is 25.9 Å². The number of methoxy groups -OCH3 is 1. The minimum absolute atomic E-state index is 0.287. The first-order chi connectivity index (χ1) is 14.4. The van der Waals surface area contributed by atoms with Crippen LogP contribution in [0.2, 0.25) is 0 Å². The number of amides is 1. The lowest BCUT2D eigenvalue weighted by atomic mass is 9.88. The van der Waals surface area contributed by atoms with Gasteiger partial charge in [-0.3, -0.25) is 19.4 Å². The summed E-state index contributed by atoms with van der Waals surface area (Å²) in [6, 6.07) is 13.9. The van der Waals surface area contributed by atoms with Crippen molar-refractivity contribution < 1.29 is 19.4 Å². The summed E-state index contributed by atoms with van der Waals surface area (Å²) in [5.41, 5.74) is -0.260. The lowest BCUT2D eigenvalue weighted by Crippen LogP contribution is -2.51. The summed E-state index contributed by atoms with van der Waals surface area (Å²) in [5.74, 6) is -0.0832. The molecule has 1 N–H and O–H groups in total. The number of piperazine rings is 1. The molecule has 7 nitrogen and oxygen atoms in total. The van der Waals surface area contributed by atoms with Gasteiger partial charge in [-0.15, -0.1) is 0 Å². The minimum atomic E-state index is -1.86. The maximum atomic E-state index is 13.4. The van der Waals surface area contributed by atoms with E-state index in [1.54, 1.807) is 48.4 Å². The number of benzene rings is 2. The van der Waals surface area contributed by atoms with E-state index in [0.29, 0.717) is 29.2 Å². The average Bonchev–Trinajstić information content (AvgIpc) is 2.97. The lowest BCUT2D eigenvalue weighted by molar-refractivity contribution is -0.136. The zero-order chi connectivity index (χ0) is 21.3. The van der Waals surface area contributed by atoms with Crippen LogP contribution in [0.5, 0.6) is 5.75 Å². The Morgan fingerprint density at radius 2 is 1.73 bits per heavy atom. The molecule has 7 heteroatoms. The number of para-hydroxylation sites is 1. The number of ether oxygens (including phenoxy) is 1. The van der Waals surface area contributed by atoms with Crippen LogP contribution in [0.25, 0.3) is 0 Å². The number of carbonyl (C=O) groups excluding carboxylic acids is 2. The summed E-state index contributed by atoms with van der Waals surface area (Å²) in [5, 5.41) is 11.4. The van der Waals surface area contributed by atoms with E-state index < -0.39 is 11.5 Å². The van der Waals surface area contributed by atoms with E-state index in [4.69, 9.17) is 4.74 Å². The van der Waals surface area contributed by atoms with Gasteiger partial charge in [-0.1, -0.05) is 18.2 Å². The molecule has 0 saturated carbocycles. The van der Waals surface area contributed by atoms with Gasteiger partial charge in [-0.25, -0.2) is 0 Å². The number of carbonyl (C=O) groups is 2. The number of fused-ring (bicyclic) bond motifs is 1.